The summed E-state index contributed by atoms with van der Waals surface area (Å²) in [7, 11) is 0. The number of aromatic nitrogens is 1. The number of aliphatic hydroxyl groups is 1. The zero-order valence-corrected chi connectivity index (χ0v) is 9.98. The minimum atomic E-state index is -0.923. The van der Waals surface area contributed by atoms with E-state index in [0.717, 1.165) is 5.56 Å². The first-order valence-electron chi connectivity index (χ1n) is 5.96. The highest BCUT2D eigenvalue weighted by atomic mass is 16.5. The van der Waals surface area contributed by atoms with E-state index in [-0.39, 0.29) is 5.78 Å². The molecule has 0 aromatic carbocycles. The Balaban J connectivity index is 2.20. The smallest absolute Gasteiger partial charge is 0.137 e. The summed E-state index contributed by atoms with van der Waals surface area (Å²) in [6, 6.07) is 1.81. The van der Waals surface area contributed by atoms with Gasteiger partial charge in [-0.15, -0.1) is 0 Å². The fourth-order valence-corrected chi connectivity index (χ4v) is 2.15. The number of Topliss-reactive ketones (excluding diaryl/α,β-unsaturated/α-hetero) is 1. The Hall–Kier alpha value is -1.42. The summed E-state index contributed by atoms with van der Waals surface area (Å²) in [4.78, 5) is 15.3. The molecule has 0 spiro atoms. The molecule has 1 fully saturated rings. The van der Waals surface area contributed by atoms with Crippen LogP contribution >= 0.6 is 0 Å². The van der Waals surface area contributed by atoms with Crippen LogP contribution < -0.4 is 4.74 Å². The molecular formula is C13H17NO3. The number of carbonyl (C=O) groups excluding carboxylic acids is 1. The largest absolute Gasteiger partial charge is 0.492 e. The van der Waals surface area contributed by atoms with Crippen molar-refractivity contribution in [3.8, 4) is 5.75 Å². The summed E-state index contributed by atoms with van der Waals surface area (Å²) in [6.07, 6.45) is 5.11. The van der Waals surface area contributed by atoms with Gasteiger partial charge < -0.3 is 9.84 Å². The third-order valence-electron chi connectivity index (χ3n) is 3.20. The van der Waals surface area contributed by atoms with Crippen molar-refractivity contribution in [1.82, 2.24) is 4.98 Å². The Kier molecular flexibility index (Phi) is 3.43. The first-order valence-corrected chi connectivity index (χ1v) is 5.96. The molecule has 1 aliphatic carbocycles. The second-order valence-electron chi connectivity index (χ2n) is 4.41. The summed E-state index contributed by atoms with van der Waals surface area (Å²) < 4.78 is 5.36. The van der Waals surface area contributed by atoms with Gasteiger partial charge in [0, 0.05) is 24.6 Å². The van der Waals surface area contributed by atoms with Gasteiger partial charge >= 0.3 is 0 Å². The maximum absolute atomic E-state index is 11.2. The number of carbonyl (C=O) groups is 1. The molecule has 4 heteroatoms. The fourth-order valence-electron chi connectivity index (χ4n) is 2.15. The highest BCUT2D eigenvalue weighted by Gasteiger charge is 2.34. The molecule has 0 unspecified atom stereocenters. The Bertz CT molecular complexity index is 407. The Morgan fingerprint density at radius 2 is 2.12 bits per heavy atom. The van der Waals surface area contributed by atoms with Crippen LogP contribution in [0.15, 0.2) is 18.5 Å². The maximum atomic E-state index is 11.2. The first kappa shape index (κ1) is 12.0. The van der Waals surface area contributed by atoms with Crippen molar-refractivity contribution in [2.24, 2.45) is 0 Å². The average molecular weight is 235 g/mol. The Labute approximate surface area is 101 Å². The van der Waals surface area contributed by atoms with Crippen LogP contribution in [0.5, 0.6) is 5.75 Å². The lowest BCUT2D eigenvalue weighted by Gasteiger charge is -2.31. The molecule has 1 heterocycles. The third-order valence-corrected chi connectivity index (χ3v) is 3.20. The summed E-state index contributed by atoms with van der Waals surface area (Å²) in [5.74, 6) is 0.888. The molecule has 92 valence electrons. The number of rotatable bonds is 3. The van der Waals surface area contributed by atoms with E-state index in [1.54, 1.807) is 12.4 Å². The van der Waals surface area contributed by atoms with E-state index in [2.05, 4.69) is 4.98 Å². The molecule has 1 aromatic rings. The van der Waals surface area contributed by atoms with E-state index >= 15 is 0 Å². The maximum Gasteiger partial charge on any atom is 0.137 e. The fraction of sp³-hybridized carbons (Fsp3) is 0.538. The number of ketones is 1. The lowest BCUT2D eigenvalue weighted by atomic mass is 9.80. The summed E-state index contributed by atoms with van der Waals surface area (Å²) in [5, 5.41) is 10.5. The van der Waals surface area contributed by atoms with Gasteiger partial charge in [0.25, 0.3) is 0 Å². The average Bonchev–Trinajstić information content (AvgIpc) is 2.34. The van der Waals surface area contributed by atoms with Gasteiger partial charge in [-0.1, -0.05) is 0 Å². The summed E-state index contributed by atoms with van der Waals surface area (Å²) in [6.45, 7) is 2.47. The van der Waals surface area contributed by atoms with Gasteiger partial charge in [0.15, 0.2) is 0 Å². The summed E-state index contributed by atoms with van der Waals surface area (Å²) in [5.41, 5.74) is -0.176. The molecule has 1 saturated carbocycles. The number of nitrogens with zero attached hydrogens (tertiary/aromatic N) is 1. The van der Waals surface area contributed by atoms with Crippen LogP contribution in [0, 0.1) is 0 Å². The second-order valence-corrected chi connectivity index (χ2v) is 4.41. The van der Waals surface area contributed by atoms with Crippen LogP contribution in [-0.2, 0) is 10.4 Å². The molecule has 0 radical (unpaired) electrons. The van der Waals surface area contributed by atoms with Gasteiger partial charge in [-0.05, 0) is 25.8 Å². The van der Waals surface area contributed by atoms with Crippen LogP contribution in [-0.4, -0.2) is 22.5 Å². The number of hydrogen-bond acceptors (Lipinski definition) is 4. The van der Waals surface area contributed by atoms with Gasteiger partial charge in [-0.2, -0.15) is 0 Å². The van der Waals surface area contributed by atoms with E-state index < -0.39 is 5.60 Å². The summed E-state index contributed by atoms with van der Waals surface area (Å²) >= 11 is 0. The van der Waals surface area contributed by atoms with E-state index in [1.165, 1.54) is 0 Å². The van der Waals surface area contributed by atoms with E-state index in [9.17, 15) is 9.90 Å². The van der Waals surface area contributed by atoms with Crippen LogP contribution in [0.25, 0.3) is 0 Å². The number of pyridine rings is 1. The molecule has 0 saturated heterocycles. The van der Waals surface area contributed by atoms with Crippen molar-refractivity contribution in [2.75, 3.05) is 6.61 Å². The standard InChI is InChI=1S/C13H17NO3/c1-2-17-12-7-10(8-14-9-12)13(16)5-3-11(15)4-6-13/h7-9,16H,2-6H2,1H3. The quantitative estimate of drug-likeness (QED) is 0.868. The van der Waals surface area contributed by atoms with Crippen LogP contribution in [0.1, 0.15) is 38.2 Å². The number of ether oxygens (including phenoxy) is 1. The predicted molar refractivity (Wildman–Crippen MR) is 62.8 cm³/mol. The number of hydrogen-bond donors (Lipinski definition) is 1. The molecule has 1 aliphatic rings. The van der Waals surface area contributed by atoms with Gasteiger partial charge in [-0.25, -0.2) is 0 Å². The van der Waals surface area contributed by atoms with E-state index in [0.29, 0.717) is 38.0 Å². The molecule has 0 bridgehead atoms. The van der Waals surface area contributed by atoms with Gasteiger partial charge in [-0.3, -0.25) is 9.78 Å². The minimum absolute atomic E-state index is 0.226. The van der Waals surface area contributed by atoms with Crippen LogP contribution in [0.4, 0.5) is 0 Å². The van der Waals surface area contributed by atoms with Gasteiger partial charge in [0.1, 0.15) is 11.5 Å². The lowest BCUT2D eigenvalue weighted by Crippen LogP contribution is -2.31. The topological polar surface area (TPSA) is 59.4 Å². The highest BCUT2D eigenvalue weighted by molar-refractivity contribution is 5.79. The Morgan fingerprint density at radius 3 is 2.76 bits per heavy atom. The van der Waals surface area contributed by atoms with Crippen molar-refractivity contribution in [1.29, 1.82) is 0 Å². The van der Waals surface area contributed by atoms with Crippen molar-refractivity contribution in [2.45, 2.75) is 38.2 Å². The van der Waals surface area contributed by atoms with Crippen molar-refractivity contribution in [3.63, 3.8) is 0 Å². The molecule has 17 heavy (non-hydrogen) atoms. The predicted octanol–water partition coefficient (Wildman–Crippen LogP) is 1.81. The SMILES string of the molecule is CCOc1cncc(C2(O)CCC(=O)CC2)c1. The van der Waals surface area contributed by atoms with Crippen LogP contribution in [0.3, 0.4) is 0 Å². The lowest BCUT2D eigenvalue weighted by molar-refractivity contribution is -0.125. The van der Waals surface area contributed by atoms with Gasteiger partial charge in [0.2, 0.25) is 0 Å². The zero-order chi connectivity index (χ0) is 12.3. The molecular weight excluding hydrogens is 218 g/mol. The molecule has 0 amide bonds. The second kappa shape index (κ2) is 4.84. The minimum Gasteiger partial charge on any atom is -0.492 e. The first-order chi connectivity index (χ1) is 8.14. The van der Waals surface area contributed by atoms with Gasteiger partial charge in [0.05, 0.1) is 18.4 Å². The van der Waals surface area contributed by atoms with E-state index in [1.807, 2.05) is 13.0 Å². The third kappa shape index (κ3) is 2.64. The van der Waals surface area contributed by atoms with Crippen LogP contribution in [0.2, 0.25) is 0 Å². The van der Waals surface area contributed by atoms with Crippen molar-refractivity contribution < 1.29 is 14.6 Å². The molecule has 0 atom stereocenters. The highest BCUT2D eigenvalue weighted by Crippen LogP contribution is 2.36. The zero-order valence-electron chi connectivity index (χ0n) is 9.98. The van der Waals surface area contributed by atoms with Crippen molar-refractivity contribution in [3.05, 3.63) is 24.0 Å². The molecule has 1 aromatic heterocycles. The molecule has 2 rings (SSSR count). The molecule has 4 nitrogen and oxygen atoms in total. The van der Waals surface area contributed by atoms with E-state index in [4.69, 9.17) is 4.74 Å². The molecule has 0 aliphatic heterocycles. The monoisotopic (exact) mass is 235 g/mol. The van der Waals surface area contributed by atoms with Crippen molar-refractivity contribution >= 4 is 5.78 Å². The Morgan fingerprint density at radius 1 is 1.41 bits per heavy atom. The normalized spacial score (nSPS) is 19.1. The molecule has 1 N–H and O–H groups in total.